The molecule has 3 rings (SSSR count). The number of rotatable bonds is 2. The van der Waals surface area contributed by atoms with Gasteiger partial charge in [-0.1, -0.05) is 29.8 Å². The van der Waals surface area contributed by atoms with Crippen LogP contribution in [0.2, 0.25) is 5.02 Å². The standard InChI is InChI=1S/C14H11BrClNS/c15-12-2-1-3-13-14(12)18(9-17-13)8-10-4-6-11(16)7-5-10/h1-7,9,18H,8H2. The van der Waals surface area contributed by atoms with Crippen LogP contribution < -0.4 is 0 Å². The van der Waals surface area contributed by atoms with E-state index in [0.29, 0.717) is 0 Å². The van der Waals surface area contributed by atoms with Crippen molar-refractivity contribution in [2.24, 2.45) is 4.99 Å². The summed E-state index contributed by atoms with van der Waals surface area (Å²) in [7, 11) is -0.349. The van der Waals surface area contributed by atoms with Gasteiger partial charge in [0.25, 0.3) is 0 Å². The number of aliphatic imine (C=N–C) groups is 1. The molecule has 2 aromatic rings. The minimum absolute atomic E-state index is 0.349. The van der Waals surface area contributed by atoms with E-state index in [1.165, 1.54) is 10.5 Å². The summed E-state index contributed by atoms with van der Waals surface area (Å²) in [6.45, 7) is 0. The molecule has 18 heavy (non-hydrogen) atoms. The molecular formula is C14H11BrClNS. The lowest BCUT2D eigenvalue weighted by molar-refractivity contribution is 1.34. The van der Waals surface area contributed by atoms with E-state index in [9.17, 15) is 0 Å². The molecule has 1 aliphatic rings. The first-order valence-electron chi connectivity index (χ1n) is 5.58. The van der Waals surface area contributed by atoms with Crippen molar-refractivity contribution in [3.05, 3.63) is 57.5 Å². The predicted molar refractivity (Wildman–Crippen MR) is 84.7 cm³/mol. The van der Waals surface area contributed by atoms with Crippen LogP contribution in [-0.4, -0.2) is 5.55 Å². The Morgan fingerprint density at radius 2 is 1.89 bits per heavy atom. The van der Waals surface area contributed by atoms with Crippen LogP contribution in [0.5, 0.6) is 0 Å². The van der Waals surface area contributed by atoms with Crippen molar-refractivity contribution in [2.45, 2.75) is 10.6 Å². The molecule has 0 amide bonds. The second kappa shape index (κ2) is 5.08. The zero-order valence-electron chi connectivity index (χ0n) is 9.48. The summed E-state index contributed by atoms with van der Waals surface area (Å²) in [4.78, 5) is 5.85. The van der Waals surface area contributed by atoms with Crippen molar-refractivity contribution in [1.82, 2.24) is 0 Å². The third-order valence-electron chi connectivity index (χ3n) is 2.86. The molecule has 1 nitrogen and oxygen atoms in total. The summed E-state index contributed by atoms with van der Waals surface area (Å²) >= 11 is 9.53. The third-order valence-corrected chi connectivity index (χ3v) is 6.22. The Balaban J connectivity index is 1.89. The number of thiol groups is 1. The molecule has 0 aromatic heterocycles. The van der Waals surface area contributed by atoms with E-state index < -0.39 is 0 Å². The molecule has 1 atom stereocenters. The van der Waals surface area contributed by atoms with Crippen LogP contribution in [0, 0.1) is 0 Å². The molecule has 2 aromatic carbocycles. The largest absolute Gasteiger partial charge is 0.250 e. The molecule has 0 spiro atoms. The number of nitrogens with zero attached hydrogens (tertiary/aromatic N) is 1. The predicted octanol–water partition coefficient (Wildman–Crippen LogP) is 5.34. The summed E-state index contributed by atoms with van der Waals surface area (Å²) in [5.41, 5.74) is 4.50. The first-order valence-corrected chi connectivity index (χ1v) is 8.34. The molecule has 1 unspecified atom stereocenters. The van der Waals surface area contributed by atoms with Gasteiger partial charge in [-0.3, -0.25) is 4.99 Å². The molecule has 4 heteroatoms. The number of hydrogen-bond acceptors (Lipinski definition) is 1. The van der Waals surface area contributed by atoms with Gasteiger partial charge in [-0.15, -0.1) is 0 Å². The molecule has 0 radical (unpaired) electrons. The Hall–Kier alpha value is -0.770. The van der Waals surface area contributed by atoms with Crippen LogP contribution in [0.4, 0.5) is 5.69 Å². The first-order chi connectivity index (χ1) is 8.74. The van der Waals surface area contributed by atoms with Crippen molar-refractivity contribution in [2.75, 3.05) is 0 Å². The lowest BCUT2D eigenvalue weighted by Crippen LogP contribution is -1.88. The number of benzene rings is 2. The van der Waals surface area contributed by atoms with Gasteiger partial charge in [0.15, 0.2) is 0 Å². The van der Waals surface area contributed by atoms with E-state index in [2.05, 4.69) is 50.7 Å². The molecule has 0 saturated carbocycles. The summed E-state index contributed by atoms with van der Waals surface area (Å²) in [6, 6.07) is 14.3. The highest BCUT2D eigenvalue weighted by molar-refractivity contribution is 9.10. The SMILES string of the molecule is Clc1ccc(C[SH]2C=Nc3cccc(Br)c32)cc1. The van der Waals surface area contributed by atoms with Crippen LogP contribution >= 0.6 is 38.4 Å². The molecule has 0 saturated heterocycles. The average molecular weight is 341 g/mol. The summed E-state index contributed by atoms with van der Waals surface area (Å²) in [5.74, 6) is 1.02. The van der Waals surface area contributed by atoms with Crippen LogP contribution in [-0.2, 0) is 5.75 Å². The van der Waals surface area contributed by atoms with E-state index in [1.54, 1.807) is 0 Å². The molecule has 0 bridgehead atoms. The van der Waals surface area contributed by atoms with Crippen LogP contribution in [0.3, 0.4) is 0 Å². The van der Waals surface area contributed by atoms with Gasteiger partial charge < -0.3 is 0 Å². The Morgan fingerprint density at radius 1 is 1.11 bits per heavy atom. The number of fused-ring (bicyclic) bond motifs is 1. The fraction of sp³-hybridized carbons (Fsp3) is 0.0714. The van der Waals surface area contributed by atoms with Gasteiger partial charge >= 0.3 is 0 Å². The highest BCUT2D eigenvalue weighted by atomic mass is 79.9. The summed E-state index contributed by atoms with van der Waals surface area (Å²) < 4.78 is 1.16. The van der Waals surface area contributed by atoms with Gasteiger partial charge in [0.1, 0.15) is 0 Å². The fourth-order valence-electron chi connectivity index (χ4n) is 1.99. The minimum Gasteiger partial charge on any atom is -0.250 e. The van der Waals surface area contributed by atoms with Crippen molar-refractivity contribution >= 4 is 49.7 Å². The van der Waals surface area contributed by atoms with Crippen molar-refractivity contribution < 1.29 is 0 Å². The van der Waals surface area contributed by atoms with Gasteiger partial charge in [-0.05, 0) is 45.8 Å². The lowest BCUT2D eigenvalue weighted by atomic mass is 10.2. The lowest BCUT2D eigenvalue weighted by Gasteiger charge is -2.15. The maximum Gasteiger partial charge on any atom is 0.0768 e. The molecule has 0 fully saturated rings. The smallest absolute Gasteiger partial charge is 0.0768 e. The zero-order valence-corrected chi connectivity index (χ0v) is 12.7. The van der Waals surface area contributed by atoms with Gasteiger partial charge in [0.05, 0.1) is 5.69 Å². The van der Waals surface area contributed by atoms with Gasteiger partial charge in [0.2, 0.25) is 0 Å². The molecular weight excluding hydrogens is 330 g/mol. The van der Waals surface area contributed by atoms with E-state index in [-0.39, 0.29) is 10.9 Å². The van der Waals surface area contributed by atoms with Gasteiger partial charge in [-0.25, -0.2) is 0 Å². The third kappa shape index (κ3) is 2.35. The maximum absolute atomic E-state index is 5.91. The van der Waals surface area contributed by atoms with Crippen LogP contribution in [0.15, 0.2) is 56.8 Å². The van der Waals surface area contributed by atoms with Crippen LogP contribution in [0.1, 0.15) is 5.56 Å². The first kappa shape index (κ1) is 12.3. The van der Waals surface area contributed by atoms with Crippen molar-refractivity contribution in [3.8, 4) is 0 Å². The number of halogens is 2. The fourth-order valence-corrected chi connectivity index (χ4v) is 5.15. The van der Waals surface area contributed by atoms with Crippen molar-refractivity contribution in [3.63, 3.8) is 0 Å². The Morgan fingerprint density at radius 3 is 2.67 bits per heavy atom. The van der Waals surface area contributed by atoms with E-state index >= 15 is 0 Å². The Bertz CT molecular complexity index is 610. The average Bonchev–Trinajstić information content (AvgIpc) is 2.77. The van der Waals surface area contributed by atoms with Gasteiger partial charge in [0, 0.05) is 25.7 Å². The molecule has 0 N–H and O–H groups in total. The second-order valence-electron chi connectivity index (χ2n) is 4.11. The molecule has 1 heterocycles. The topological polar surface area (TPSA) is 12.4 Å². The van der Waals surface area contributed by atoms with E-state index in [1.807, 2.05) is 18.2 Å². The second-order valence-corrected chi connectivity index (χ2v) is 7.33. The molecule has 0 aliphatic carbocycles. The quantitative estimate of drug-likeness (QED) is 0.709. The monoisotopic (exact) mass is 339 g/mol. The summed E-state index contributed by atoms with van der Waals surface area (Å²) in [6.07, 6.45) is 0. The maximum atomic E-state index is 5.91. The van der Waals surface area contributed by atoms with Crippen LogP contribution in [0.25, 0.3) is 0 Å². The highest BCUT2D eigenvalue weighted by Crippen LogP contribution is 2.51. The minimum atomic E-state index is -0.349. The highest BCUT2D eigenvalue weighted by Gasteiger charge is 2.18. The van der Waals surface area contributed by atoms with E-state index in [4.69, 9.17) is 11.6 Å². The van der Waals surface area contributed by atoms with E-state index in [0.717, 1.165) is 20.9 Å². The van der Waals surface area contributed by atoms with Crippen molar-refractivity contribution in [1.29, 1.82) is 0 Å². The molecule has 92 valence electrons. The summed E-state index contributed by atoms with van der Waals surface area (Å²) in [5, 5.41) is 0.785. The normalized spacial score (nSPS) is 18.9. The Kier molecular flexibility index (Phi) is 3.46. The Labute approximate surface area is 122 Å². The molecule has 1 aliphatic heterocycles. The zero-order chi connectivity index (χ0) is 12.5. The van der Waals surface area contributed by atoms with Gasteiger partial charge in [-0.2, -0.15) is 10.9 Å². The number of hydrogen-bond donors (Lipinski definition) is 1.